The Labute approximate surface area is 203 Å². The standard InChI is InChI=1S/C26H32BrNO5/c1-14-21(25(31)33-16-8-6-5-7-9-16)22(15-10-17(27)24(30)20(11-15)32-4)23-18(28-14)12-26(2,3)13-19(23)29/h10-11,16,21-22,30H,5-9,12-13H2,1-4H3/t21?,22-/m0/s1. The van der Waals surface area contributed by atoms with E-state index in [0.717, 1.165) is 36.9 Å². The smallest absolute Gasteiger partial charge is 0.315 e. The average Bonchev–Trinajstić information content (AvgIpc) is 2.74. The van der Waals surface area contributed by atoms with Gasteiger partial charge in [0.05, 0.1) is 11.6 Å². The highest BCUT2D eigenvalue weighted by Crippen LogP contribution is 2.50. The molecule has 6 nitrogen and oxygen atoms in total. The number of hydrogen-bond donors (Lipinski definition) is 1. The Bertz CT molecular complexity index is 1040. The van der Waals surface area contributed by atoms with Crippen LogP contribution >= 0.6 is 15.9 Å². The van der Waals surface area contributed by atoms with Crippen LogP contribution in [0.25, 0.3) is 0 Å². The number of Topliss-reactive ketones (excluding diaryl/α,β-unsaturated/α-hetero) is 1. The van der Waals surface area contributed by atoms with E-state index in [0.29, 0.717) is 28.6 Å². The van der Waals surface area contributed by atoms with E-state index in [4.69, 9.17) is 14.5 Å². The number of methoxy groups -OCH3 is 1. The van der Waals surface area contributed by atoms with E-state index in [1.54, 1.807) is 12.1 Å². The zero-order valence-corrected chi connectivity index (χ0v) is 21.3. The van der Waals surface area contributed by atoms with E-state index in [1.165, 1.54) is 13.5 Å². The Morgan fingerprint density at radius 2 is 1.88 bits per heavy atom. The summed E-state index contributed by atoms with van der Waals surface area (Å²) < 4.78 is 11.8. The number of rotatable bonds is 4. The zero-order chi connectivity index (χ0) is 23.9. The van der Waals surface area contributed by atoms with Crippen LogP contribution in [0.5, 0.6) is 11.5 Å². The van der Waals surface area contributed by atoms with Crippen LogP contribution in [0.4, 0.5) is 0 Å². The monoisotopic (exact) mass is 517 g/mol. The van der Waals surface area contributed by atoms with Crippen molar-refractivity contribution in [2.45, 2.75) is 77.7 Å². The molecule has 2 atom stereocenters. The summed E-state index contributed by atoms with van der Waals surface area (Å²) in [7, 11) is 1.48. The minimum Gasteiger partial charge on any atom is -0.503 e. The summed E-state index contributed by atoms with van der Waals surface area (Å²) in [4.78, 5) is 31.8. The first-order valence-corrected chi connectivity index (χ1v) is 12.5. The van der Waals surface area contributed by atoms with Crippen molar-refractivity contribution in [2.24, 2.45) is 16.3 Å². The van der Waals surface area contributed by atoms with E-state index < -0.39 is 11.8 Å². The molecule has 0 amide bonds. The summed E-state index contributed by atoms with van der Waals surface area (Å²) in [5.74, 6) is -1.29. The lowest BCUT2D eigenvalue weighted by atomic mass is 9.67. The molecule has 178 valence electrons. The van der Waals surface area contributed by atoms with Gasteiger partial charge in [0, 0.05) is 29.3 Å². The summed E-state index contributed by atoms with van der Waals surface area (Å²) in [6, 6.07) is 3.47. The lowest BCUT2D eigenvalue weighted by Gasteiger charge is -2.39. The van der Waals surface area contributed by atoms with Crippen LogP contribution in [0.15, 0.2) is 32.9 Å². The van der Waals surface area contributed by atoms with Crippen LogP contribution in [0.3, 0.4) is 0 Å². The van der Waals surface area contributed by atoms with Crippen LogP contribution in [-0.4, -0.2) is 35.8 Å². The largest absolute Gasteiger partial charge is 0.503 e. The first-order chi connectivity index (χ1) is 15.6. The van der Waals surface area contributed by atoms with Crippen molar-refractivity contribution in [3.05, 3.63) is 33.4 Å². The van der Waals surface area contributed by atoms with Crippen molar-refractivity contribution < 1.29 is 24.2 Å². The van der Waals surface area contributed by atoms with Gasteiger partial charge in [0.2, 0.25) is 0 Å². The van der Waals surface area contributed by atoms with Gasteiger partial charge in [-0.05, 0) is 78.1 Å². The Kier molecular flexibility index (Phi) is 6.72. The number of aliphatic imine (C=N–C) groups is 1. The van der Waals surface area contributed by atoms with Gasteiger partial charge in [-0.1, -0.05) is 20.3 Å². The van der Waals surface area contributed by atoms with Crippen LogP contribution in [0.1, 0.15) is 77.2 Å². The number of esters is 1. The lowest BCUT2D eigenvalue weighted by Crippen LogP contribution is -2.40. The molecule has 1 unspecified atom stereocenters. The molecule has 0 saturated heterocycles. The van der Waals surface area contributed by atoms with E-state index in [-0.39, 0.29) is 34.8 Å². The zero-order valence-electron chi connectivity index (χ0n) is 19.7. The highest BCUT2D eigenvalue weighted by atomic mass is 79.9. The van der Waals surface area contributed by atoms with Gasteiger partial charge in [0.15, 0.2) is 17.3 Å². The van der Waals surface area contributed by atoms with Crippen molar-refractivity contribution in [1.82, 2.24) is 0 Å². The molecule has 0 radical (unpaired) electrons. The number of ketones is 1. The second-order valence-electron chi connectivity index (χ2n) is 10.3. The van der Waals surface area contributed by atoms with Crippen LogP contribution in [0, 0.1) is 11.3 Å². The van der Waals surface area contributed by atoms with Gasteiger partial charge >= 0.3 is 5.97 Å². The third-order valence-electron chi connectivity index (χ3n) is 7.02. The fourth-order valence-electron chi connectivity index (χ4n) is 5.46. The van der Waals surface area contributed by atoms with Crippen LogP contribution in [0.2, 0.25) is 0 Å². The Morgan fingerprint density at radius 3 is 2.55 bits per heavy atom. The molecular formula is C26H32BrNO5. The molecule has 1 aromatic carbocycles. The number of ether oxygens (including phenoxy) is 2. The maximum absolute atomic E-state index is 13.5. The molecule has 7 heteroatoms. The van der Waals surface area contributed by atoms with E-state index in [2.05, 4.69) is 29.8 Å². The van der Waals surface area contributed by atoms with Crippen molar-refractivity contribution in [1.29, 1.82) is 0 Å². The predicted molar refractivity (Wildman–Crippen MR) is 130 cm³/mol. The molecule has 1 aliphatic heterocycles. The SMILES string of the molecule is COc1cc([C@@H]2C3=C(CC(C)(C)CC3=O)N=C(C)C2C(=O)OC2CCCCC2)cc(Br)c1O. The van der Waals surface area contributed by atoms with Crippen LogP contribution < -0.4 is 4.74 Å². The van der Waals surface area contributed by atoms with Gasteiger partial charge in [-0.15, -0.1) is 0 Å². The molecule has 1 aromatic rings. The van der Waals surface area contributed by atoms with Crippen molar-refractivity contribution >= 4 is 33.4 Å². The molecule has 1 heterocycles. The highest BCUT2D eigenvalue weighted by Gasteiger charge is 2.46. The second kappa shape index (κ2) is 9.24. The number of nitrogens with zero attached hydrogens (tertiary/aromatic N) is 1. The molecule has 4 rings (SSSR count). The molecule has 0 aromatic heterocycles. The average molecular weight is 518 g/mol. The number of allylic oxidation sites excluding steroid dienone is 2. The third-order valence-corrected chi connectivity index (χ3v) is 7.63. The molecule has 1 N–H and O–H groups in total. The maximum atomic E-state index is 13.5. The first kappa shape index (κ1) is 24.0. The van der Waals surface area contributed by atoms with E-state index in [9.17, 15) is 14.7 Å². The number of phenolic OH excluding ortho intramolecular Hbond substituents is 1. The fourth-order valence-corrected chi connectivity index (χ4v) is 5.92. The number of benzene rings is 1. The third kappa shape index (κ3) is 4.75. The van der Waals surface area contributed by atoms with Gasteiger partial charge in [0.1, 0.15) is 12.0 Å². The summed E-state index contributed by atoms with van der Waals surface area (Å²) in [6.07, 6.45) is 6.02. The second-order valence-corrected chi connectivity index (χ2v) is 11.1. The van der Waals surface area contributed by atoms with Gasteiger partial charge in [-0.25, -0.2) is 0 Å². The fraction of sp³-hybridized carbons (Fsp3) is 0.577. The minimum atomic E-state index is -0.697. The van der Waals surface area contributed by atoms with Crippen LogP contribution in [-0.2, 0) is 14.3 Å². The van der Waals surface area contributed by atoms with E-state index in [1.807, 2.05) is 6.92 Å². The number of hydrogen-bond acceptors (Lipinski definition) is 6. The normalized spacial score (nSPS) is 25.4. The first-order valence-electron chi connectivity index (χ1n) is 11.7. The van der Waals surface area contributed by atoms with Crippen molar-refractivity contribution in [3.8, 4) is 11.5 Å². The van der Waals surface area contributed by atoms with Gasteiger partial charge < -0.3 is 14.6 Å². The van der Waals surface area contributed by atoms with E-state index >= 15 is 0 Å². The molecule has 1 saturated carbocycles. The number of carbonyl (C=O) groups excluding carboxylic acids is 2. The van der Waals surface area contributed by atoms with Gasteiger partial charge in [-0.2, -0.15) is 0 Å². The lowest BCUT2D eigenvalue weighted by molar-refractivity contribution is -0.153. The molecule has 3 aliphatic rings. The van der Waals surface area contributed by atoms with Crippen molar-refractivity contribution in [3.63, 3.8) is 0 Å². The Balaban J connectivity index is 1.81. The maximum Gasteiger partial charge on any atom is 0.315 e. The number of halogens is 1. The van der Waals surface area contributed by atoms with Crippen molar-refractivity contribution in [2.75, 3.05) is 7.11 Å². The Morgan fingerprint density at radius 1 is 1.18 bits per heavy atom. The molecule has 0 bridgehead atoms. The summed E-state index contributed by atoms with van der Waals surface area (Å²) in [5, 5.41) is 10.4. The number of aromatic hydroxyl groups is 1. The highest BCUT2D eigenvalue weighted by molar-refractivity contribution is 9.10. The number of carbonyl (C=O) groups is 2. The molecular weight excluding hydrogens is 486 g/mol. The van der Waals surface area contributed by atoms with Gasteiger partial charge in [-0.3, -0.25) is 14.6 Å². The summed E-state index contributed by atoms with van der Waals surface area (Å²) in [6.45, 7) is 5.98. The number of phenols is 1. The topological polar surface area (TPSA) is 85.2 Å². The summed E-state index contributed by atoms with van der Waals surface area (Å²) >= 11 is 3.40. The summed E-state index contributed by atoms with van der Waals surface area (Å²) in [5.41, 5.74) is 2.53. The molecule has 0 spiro atoms. The Hall–Kier alpha value is -2.15. The molecule has 1 fully saturated rings. The molecule has 2 aliphatic carbocycles. The molecule has 33 heavy (non-hydrogen) atoms. The van der Waals surface area contributed by atoms with Gasteiger partial charge in [0.25, 0.3) is 0 Å². The predicted octanol–water partition coefficient (Wildman–Crippen LogP) is 5.86. The quantitative estimate of drug-likeness (QED) is 0.505. The minimum absolute atomic E-state index is 0.0149.